The van der Waals surface area contributed by atoms with E-state index in [-0.39, 0.29) is 10.8 Å². The number of H-pyrrole nitrogens is 1. The second-order valence-electron chi connectivity index (χ2n) is 16.0. The Bertz CT molecular complexity index is 2370. The third kappa shape index (κ3) is 4.06. The summed E-state index contributed by atoms with van der Waals surface area (Å²) in [5, 5.41) is 6.29. The lowest BCUT2D eigenvalue weighted by atomic mass is 9.61. The van der Waals surface area contributed by atoms with Crippen LogP contribution < -0.4 is 10.5 Å². The molecule has 4 aromatic heterocycles. The van der Waals surface area contributed by atoms with Crippen molar-refractivity contribution >= 4 is 45.9 Å². The highest BCUT2D eigenvalue weighted by Crippen LogP contribution is 2.51. The first-order valence-electron chi connectivity index (χ1n) is 17.3. The molecular weight excluding hydrogens is 605 g/mol. The fourth-order valence-electron chi connectivity index (χ4n) is 8.08. The molecule has 8 rings (SSSR count). The number of nitrogens with one attached hydrogen (secondary N) is 1. The molecule has 0 atom stereocenters. The van der Waals surface area contributed by atoms with Gasteiger partial charge in [-0.1, -0.05) is 128 Å². The molecule has 0 unspecified atom stereocenters. The van der Waals surface area contributed by atoms with Crippen molar-refractivity contribution in [2.24, 2.45) is 0 Å². The van der Waals surface area contributed by atoms with Crippen molar-refractivity contribution < 1.29 is 0 Å². The Morgan fingerprint density at radius 2 is 1.46 bits per heavy atom. The molecule has 1 N–H and O–H groups in total. The van der Waals surface area contributed by atoms with Crippen molar-refractivity contribution in [2.75, 3.05) is 0 Å². The van der Waals surface area contributed by atoms with E-state index in [4.69, 9.17) is 15.0 Å². The standard InChI is InChI=1S/C41H46N6Si/c1-24(2)27-13-11-14-28(25(3)4)35(27)46-20-19-42-39(46)37-43-23-34(45-37)48(9,10)26-17-18-29-30-15-12-16-32-36(30)47-33(41(7,8)40(32,5)6)22-44-38(47)31(29)21-26/h11-25H,1-10H3,(H,43,45). The number of fused-ring (bicyclic) bond motifs is 3. The van der Waals surface area contributed by atoms with Gasteiger partial charge in [-0.15, -0.1) is 0 Å². The van der Waals surface area contributed by atoms with Crippen molar-refractivity contribution in [3.63, 3.8) is 0 Å². The lowest BCUT2D eigenvalue weighted by Crippen LogP contribution is -2.53. The summed E-state index contributed by atoms with van der Waals surface area (Å²) in [6, 6.07) is 20.6. The third-order valence-electron chi connectivity index (χ3n) is 11.9. The van der Waals surface area contributed by atoms with Crippen LogP contribution in [-0.2, 0) is 10.8 Å². The van der Waals surface area contributed by atoms with E-state index in [1.807, 2.05) is 12.4 Å². The Morgan fingerprint density at radius 3 is 2.17 bits per heavy atom. The van der Waals surface area contributed by atoms with Crippen molar-refractivity contribution in [1.29, 1.82) is 0 Å². The second kappa shape index (κ2) is 10.3. The summed E-state index contributed by atoms with van der Waals surface area (Å²) in [6.07, 6.45) is 8.13. The van der Waals surface area contributed by atoms with E-state index < -0.39 is 8.07 Å². The summed E-state index contributed by atoms with van der Waals surface area (Å²) < 4.78 is 4.68. The maximum absolute atomic E-state index is 5.12. The van der Waals surface area contributed by atoms with Gasteiger partial charge in [-0.2, -0.15) is 0 Å². The molecule has 0 saturated heterocycles. The van der Waals surface area contributed by atoms with Crippen molar-refractivity contribution in [2.45, 2.75) is 91.1 Å². The van der Waals surface area contributed by atoms with Gasteiger partial charge in [-0.25, -0.2) is 15.0 Å². The summed E-state index contributed by atoms with van der Waals surface area (Å²) in [6.45, 7) is 23.3. The summed E-state index contributed by atoms with van der Waals surface area (Å²) in [5.41, 5.74) is 8.77. The number of nitrogens with zero attached hydrogens (tertiary/aromatic N) is 5. The van der Waals surface area contributed by atoms with Crippen LogP contribution in [0.15, 0.2) is 79.4 Å². The molecular formula is C41H46N6Si. The van der Waals surface area contributed by atoms with E-state index in [0.717, 1.165) is 17.3 Å². The van der Waals surface area contributed by atoms with Crippen LogP contribution in [0, 0.1) is 0 Å². The minimum absolute atomic E-state index is 0.0295. The van der Waals surface area contributed by atoms with Gasteiger partial charge in [-0.3, -0.25) is 8.97 Å². The first-order valence-corrected chi connectivity index (χ1v) is 20.3. The molecule has 0 fully saturated rings. The lowest BCUT2D eigenvalue weighted by Gasteiger charge is -2.45. The SMILES string of the molecule is CC(C)c1cccc(C(C)C)c1-n1ccnc1-c1ncc([Si](C)(C)c2ccc3c(c2)c2ncc4n2c2c(cccc32)C(C)(C)C4(C)C)[nH]1. The van der Waals surface area contributed by atoms with Crippen LogP contribution in [0.2, 0.25) is 13.1 Å². The predicted octanol–water partition coefficient (Wildman–Crippen LogP) is 8.85. The van der Waals surface area contributed by atoms with E-state index >= 15 is 0 Å². The van der Waals surface area contributed by atoms with Crippen LogP contribution in [0.5, 0.6) is 0 Å². The summed E-state index contributed by atoms with van der Waals surface area (Å²) in [4.78, 5) is 18.7. The Labute approximate surface area is 284 Å². The minimum atomic E-state index is -2.21. The molecule has 0 radical (unpaired) electrons. The van der Waals surface area contributed by atoms with E-state index in [2.05, 4.69) is 149 Å². The number of hydrogen-bond donors (Lipinski definition) is 1. The molecule has 5 heterocycles. The highest BCUT2D eigenvalue weighted by molar-refractivity contribution is 7.00. The van der Waals surface area contributed by atoms with Crippen molar-refractivity contribution in [1.82, 2.24) is 28.9 Å². The third-order valence-corrected chi connectivity index (χ3v) is 15.2. The van der Waals surface area contributed by atoms with Gasteiger partial charge in [0.05, 0.1) is 11.2 Å². The molecule has 3 aromatic carbocycles. The van der Waals surface area contributed by atoms with E-state index in [9.17, 15) is 0 Å². The highest BCUT2D eigenvalue weighted by Gasteiger charge is 2.46. The topological polar surface area (TPSA) is 63.8 Å². The Balaban J connectivity index is 1.26. The van der Waals surface area contributed by atoms with Gasteiger partial charge in [0.25, 0.3) is 0 Å². The zero-order valence-corrected chi connectivity index (χ0v) is 30.9. The average Bonchev–Trinajstić information content (AvgIpc) is 3.83. The smallest absolute Gasteiger partial charge is 0.180 e. The van der Waals surface area contributed by atoms with Gasteiger partial charge < -0.3 is 4.98 Å². The highest BCUT2D eigenvalue weighted by atomic mass is 28.3. The number of para-hydroxylation sites is 2. The number of hydrogen-bond acceptors (Lipinski definition) is 3. The number of pyridine rings is 1. The van der Waals surface area contributed by atoms with E-state index in [0.29, 0.717) is 11.8 Å². The van der Waals surface area contributed by atoms with Crippen LogP contribution >= 0.6 is 0 Å². The molecule has 7 aromatic rings. The predicted molar refractivity (Wildman–Crippen MR) is 202 cm³/mol. The Hall–Kier alpha value is -4.49. The molecule has 48 heavy (non-hydrogen) atoms. The maximum atomic E-state index is 5.12. The van der Waals surface area contributed by atoms with Crippen molar-refractivity contribution in [3.05, 3.63) is 102 Å². The molecule has 244 valence electrons. The molecule has 0 amide bonds. The first-order chi connectivity index (χ1) is 22.7. The van der Waals surface area contributed by atoms with Crippen LogP contribution in [-0.4, -0.2) is 37.0 Å². The molecule has 1 aliphatic rings. The Morgan fingerprint density at radius 1 is 0.750 bits per heavy atom. The number of imidazole rings is 3. The van der Waals surface area contributed by atoms with Gasteiger partial charge in [-0.05, 0) is 33.9 Å². The van der Waals surface area contributed by atoms with Crippen LogP contribution in [0.25, 0.3) is 44.7 Å². The molecule has 7 heteroatoms. The molecule has 0 saturated carbocycles. The number of benzene rings is 3. The molecule has 0 spiro atoms. The minimum Gasteiger partial charge on any atom is -0.343 e. The van der Waals surface area contributed by atoms with Crippen molar-refractivity contribution in [3.8, 4) is 17.3 Å². The van der Waals surface area contributed by atoms with Crippen LogP contribution in [0.4, 0.5) is 0 Å². The van der Waals surface area contributed by atoms with Gasteiger partial charge in [0.15, 0.2) is 11.6 Å². The summed E-state index contributed by atoms with van der Waals surface area (Å²) in [5.74, 6) is 2.41. The monoisotopic (exact) mass is 650 g/mol. The first kappa shape index (κ1) is 30.8. The van der Waals surface area contributed by atoms with Gasteiger partial charge in [0, 0.05) is 57.4 Å². The van der Waals surface area contributed by atoms with E-state index in [1.54, 1.807) is 0 Å². The largest absolute Gasteiger partial charge is 0.343 e. The normalized spacial score (nSPS) is 15.6. The number of aromatic nitrogens is 6. The zero-order valence-electron chi connectivity index (χ0n) is 29.9. The summed E-state index contributed by atoms with van der Waals surface area (Å²) in [7, 11) is -2.21. The average molecular weight is 651 g/mol. The van der Waals surface area contributed by atoms with Crippen LogP contribution in [0.1, 0.15) is 89.6 Å². The summed E-state index contributed by atoms with van der Waals surface area (Å²) >= 11 is 0. The zero-order chi connectivity index (χ0) is 33.9. The Kier molecular flexibility index (Phi) is 6.58. The maximum Gasteiger partial charge on any atom is 0.180 e. The van der Waals surface area contributed by atoms with Gasteiger partial charge in [0.1, 0.15) is 13.7 Å². The molecule has 0 aliphatic carbocycles. The molecule has 6 nitrogen and oxygen atoms in total. The number of aromatic amines is 1. The van der Waals surface area contributed by atoms with Gasteiger partial charge >= 0.3 is 0 Å². The van der Waals surface area contributed by atoms with Crippen LogP contribution in [0.3, 0.4) is 0 Å². The fraction of sp³-hybridized carbons (Fsp3) is 0.341. The lowest BCUT2D eigenvalue weighted by molar-refractivity contribution is 0.288. The van der Waals surface area contributed by atoms with E-state index in [1.165, 1.54) is 60.3 Å². The quantitative estimate of drug-likeness (QED) is 0.144. The van der Waals surface area contributed by atoms with Gasteiger partial charge in [0.2, 0.25) is 0 Å². The second-order valence-corrected chi connectivity index (χ2v) is 20.4. The molecule has 0 bridgehead atoms. The fourth-order valence-corrected chi connectivity index (χ4v) is 10.2. The molecule has 1 aliphatic heterocycles. The number of rotatable bonds is 6.